The minimum Gasteiger partial charge on any atom is -0.393 e. The van der Waals surface area contributed by atoms with E-state index in [1.807, 2.05) is 7.11 Å². The number of aliphatic hydroxyl groups excluding tert-OH is 2. The summed E-state index contributed by atoms with van der Waals surface area (Å²) in [5.41, 5.74) is 3.65. The Labute approximate surface area is 152 Å². The summed E-state index contributed by atoms with van der Waals surface area (Å²) in [5, 5.41) is 20.0. The number of methoxy groups -OCH3 is 1. The van der Waals surface area contributed by atoms with Gasteiger partial charge in [0.05, 0.1) is 18.3 Å². The van der Waals surface area contributed by atoms with E-state index >= 15 is 0 Å². The first-order valence-corrected chi connectivity index (χ1v) is 9.84. The largest absolute Gasteiger partial charge is 0.393 e. The van der Waals surface area contributed by atoms with Crippen LogP contribution in [0.25, 0.3) is 0 Å². The van der Waals surface area contributed by atoms with Crippen LogP contribution in [0.15, 0.2) is 35.5 Å². The van der Waals surface area contributed by atoms with Gasteiger partial charge in [-0.1, -0.05) is 31.2 Å². The lowest BCUT2D eigenvalue weighted by Gasteiger charge is -2.44. The van der Waals surface area contributed by atoms with Gasteiger partial charge in [0.2, 0.25) is 0 Å². The molecule has 0 aliphatic heterocycles. The summed E-state index contributed by atoms with van der Waals surface area (Å²) in [6.45, 7) is 8.70. The normalized spacial score (nSPS) is 43.5. The third kappa shape index (κ3) is 3.51. The quantitative estimate of drug-likeness (QED) is 0.806. The van der Waals surface area contributed by atoms with Crippen LogP contribution in [0.5, 0.6) is 0 Å². The van der Waals surface area contributed by atoms with Crippen LogP contribution in [-0.4, -0.2) is 35.6 Å². The zero-order chi connectivity index (χ0) is 18.2. The number of allylic oxidation sites excluding steroid dienone is 3. The third-order valence-corrected chi connectivity index (χ3v) is 7.24. The van der Waals surface area contributed by atoms with Crippen molar-refractivity contribution in [2.24, 2.45) is 17.3 Å². The van der Waals surface area contributed by atoms with Crippen molar-refractivity contribution in [3.05, 3.63) is 35.5 Å². The average molecular weight is 347 g/mol. The van der Waals surface area contributed by atoms with E-state index in [1.165, 1.54) is 31.3 Å². The van der Waals surface area contributed by atoms with Crippen LogP contribution in [0.2, 0.25) is 0 Å². The Hall–Kier alpha value is -0.900. The van der Waals surface area contributed by atoms with Gasteiger partial charge >= 0.3 is 0 Å². The molecule has 3 rings (SSSR count). The molecule has 0 unspecified atom stereocenters. The van der Waals surface area contributed by atoms with E-state index in [9.17, 15) is 10.2 Å². The molecule has 3 fully saturated rings. The first-order valence-electron chi connectivity index (χ1n) is 9.84. The molecular weight excluding hydrogens is 312 g/mol. The van der Waals surface area contributed by atoms with Crippen LogP contribution in [0, 0.1) is 17.3 Å². The van der Waals surface area contributed by atoms with Gasteiger partial charge in [-0.05, 0) is 73.8 Å². The second-order valence-corrected chi connectivity index (χ2v) is 8.60. The predicted octanol–water partition coefficient (Wildman–Crippen LogP) is 4.16. The Morgan fingerprint density at radius 3 is 2.76 bits per heavy atom. The highest BCUT2D eigenvalue weighted by Crippen LogP contribution is 2.58. The van der Waals surface area contributed by atoms with E-state index in [1.54, 1.807) is 0 Å². The highest BCUT2D eigenvalue weighted by Gasteiger charge is 2.50. The van der Waals surface area contributed by atoms with Gasteiger partial charge < -0.3 is 14.9 Å². The van der Waals surface area contributed by atoms with Crippen LogP contribution in [0.4, 0.5) is 0 Å². The Morgan fingerprint density at radius 1 is 1.28 bits per heavy atom. The topological polar surface area (TPSA) is 49.7 Å². The molecule has 2 N–H and O–H groups in total. The number of hydrogen-bond acceptors (Lipinski definition) is 3. The summed E-state index contributed by atoms with van der Waals surface area (Å²) in [6, 6.07) is 0. The Balaban J connectivity index is 1.82. The van der Waals surface area contributed by atoms with Crippen molar-refractivity contribution in [3.8, 4) is 0 Å². The molecule has 3 aliphatic rings. The molecule has 0 bridgehead atoms. The monoisotopic (exact) mass is 346 g/mol. The first-order chi connectivity index (χ1) is 11.9. The smallest absolute Gasteiger partial charge is 0.0811 e. The maximum Gasteiger partial charge on any atom is 0.0811 e. The van der Waals surface area contributed by atoms with Gasteiger partial charge in [0, 0.05) is 13.5 Å². The summed E-state index contributed by atoms with van der Waals surface area (Å²) in [5.74, 6) is 1.26. The second-order valence-electron chi connectivity index (χ2n) is 8.60. The predicted molar refractivity (Wildman–Crippen MR) is 101 cm³/mol. The van der Waals surface area contributed by atoms with Crippen molar-refractivity contribution in [1.82, 2.24) is 0 Å². The van der Waals surface area contributed by atoms with Crippen molar-refractivity contribution in [1.29, 1.82) is 0 Å². The molecule has 0 heterocycles. The van der Waals surface area contributed by atoms with E-state index in [-0.39, 0.29) is 0 Å². The molecule has 0 radical (unpaired) electrons. The Kier molecular flexibility index (Phi) is 5.57. The fraction of sp³-hybridized carbons (Fsp3) is 0.727. The fourth-order valence-corrected chi connectivity index (χ4v) is 5.68. The molecule has 0 aromatic rings. The maximum absolute atomic E-state index is 10.0. The number of rotatable bonds is 3. The highest BCUT2D eigenvalue weighted by molar-refractivity contribution is 5.38. The molecule has 0 amide bonds. The molecule has 6 atom stereocenters. The van der Waals surface area contributed by atoms with Gasteiger partial charge in [0.1, 0.15) is 0 Å². The van der Waals surface area contributed by atoms with Crippen LogP contribution in [0.1, 0.15) is 58.8 Å². The summed E-state index contributed by atoms with van der Waals surface area (Å²) >= 11 is 0. The highest BCUT2D eigenvalue weighted by atomic mass is 16.5. The SMILES string of the molecule is C=C1/C(=C\C=C2/CCC[C@]3(C)[C@@H]([C@@H](C)OC)CC[C@@H]23)C[C@@H](O)C[C@@H]1O. The lowest BCUT2D eigenvalue weighted by Crippen LogP contribution is -2.38. The molecule has 3 heteroatoms. The minimum absolute atomic E-state index is 0.316. The first kappa shape index (κ1) is 18.9. The standard InChI is InChI=1S/C22H34O3/c1-14-17(12-18(23)13-21(14)24)8-7-16-6-5-11-22(3)19(15(2)25-4)9-10-20(16)22/h7-8,15,18-21,23-24H,1,5-6,9-13H2,2-4H3/b16-7+,17-8-/t15-,18-,19-,20+,21+,22-/m1/s1. The fourth-order valence-electron chi connectivity index (χ4n) is 5.68. The molecule has 0 spiro atoms. The van der Waals surface area contributed by atoms with Crippen LogP contribution in [0.3, 0.4) is 0 Å². The van der Waals surface area contributed by atoms with Crippen molar-refractivity contribution >= 4 is 0 Å². The lowest BCUT2D eigenvalue weighted by atomic mass is 9.62. The van der Waals surface area contributed by atoms with Crippen molar-refractivity contribution in [2.75, 3.05) is 7.11 Å². The van der Waals surface area contributed by atoms with E-state index < -0.39 is 12.2 Å². The average Bonchev–Trinajstić information content (AvgIpc) is 2.93. The van der Waals surface area contributed by atoms with Crippen LogP contribution in [-0.2, 0) is 4.74 Å². The number of aliphatic hydroxyl groups is 2. The van der Waals surface area contributed by atoms with Crippen LogP contribution >= 0.6 is 0 Å². The molecule has 3 aliphatic carbocycles. The van der Waals surface area contributed by atoms with E-state index in [4.69, 9.17) is 4.74 Å². The Morgan fingerprint density at radius 2 is 2.04 bits per heavy atom. The maximum atomic E-state index is 10.0. The summed E-state index contributed by atoms with van der Waals surface area (Å²) in [4.78, 5) is 0. The van der Waals surface area contributed by atoms with Gasteiger partial charge in [0.25, 0.3) is 0 Å². The summed E-state index contributed by atoms with van der Waals surface area (Å²) in [7, 11) is 1.83. The molecule has 140 valence electrons. The van der Waals surface area contributed by atoms with Crippen molar-refractivity contribution in [2.45, 2.75) is 77.1 Å². The van der Waals surface area contributed by atoms with Crippen molar-refractivity contribution < 1.29 is 14.9 Å². The van der Waals surface area contributed by atoms with Gasteiger partial charge in [-0.15, -0.1) is 0 Å². The minimum atomic E-state index is -0.608. The van der Waals surface area contributed by atoms with Gasteiger partial charge in [-0.25, -0.2) is 0 Å². The molecule has 0 aromatic heterocycles. The van der Waals surface area contributed by atoms with Gasteiger partial charge in [-0.2, -0.15) is 0 Å². The Bertz CT molecular complexity index is 576. The van der Waals surface area contributed by atoms with E-state index in [2.05, 4.69) is 32.6 Å². The number of hydrogen-bond donors (Lipinski definition) is 2. The number of fused-ring (bicyclic) bond motifs is 1. The van der Waals surface area contributed by atoms with Gasteiger partial charge in [-0.3, -0.25) is 0 Å². The second kappa shape index (κ2) is 7.38. The van der Waals surface area contributed by atoms with E-state index in [0.717, 1.165) is 17.6 Å². The molecular formula is C22H34O3. The zero-order valence-corrected chi connectivity index (χ0v) is 16.0. The molecule has 25 heavy (non-hydrogen) atoms. The van der Waals surface area contributed by atoms with Crippen molar-refractivity contribution in [3.63, 3.8) is 0 Å². The van der Waals surface area contributed by atoms with Crippen LogP contribution < -0.4 is 0 Å². The summed E-state index contributed by atoms with van der Waals surface area (Å²) in [6.07, 6.45) is 10.8. The summed E-state index contributed by atoms with van der Waals surface area (Å²) < 4.78 is 5.68. The molecule has 3 saturated carbocycles. The van der Waals surface area contributed by atoms with E-state index in [0.29, 0.717) is 36.2 Å². The molecule has 0 saturated heterocycles. The zero-order valence-electron chi connectivity index (χ0n) is 16.0. The molecule has 3 nitrogen and oxygen atoms in total. The van der Waals surface area contributed by atoms with Gasteiger partial charge in [0.15, 0.2) is 0 Å². The molecule has 0 aromatic carbocycles. The third-order valence-electron chi connectivity index (χ3n) is 7.24. The lowest BCUT2D eigenvalue weighted by molar-refractivity contribution is 0.000662. The number of ether oxygens (including phenoxy) is 1.